The Kier molecular flexibility index (Phi) is 3.50. The molecule has 0 spiro atoms. The molecule has 3 rings (SSSR count). The van der Waals surface area contributed by atoms with E-state index in [2.05, 4.69) is 9.97 Å². The Balaban J connectivity index is 2.26. The summed E-state index contributed by atoms with van der Waals surface area (Å²) in [5.74, 6) is 2.13. The summed E-state index contributed by atoms with van der Waals surface area (Å²) in [5.41, 5.74) is 9.41. The number of para-hydroxylation sites is 1. The lowest BCUT2D eigenvalue weighted by Crippen LogP contribution is -1.96. The molecule has 0 aliphatic rings. The van der Waals surface area contributed by atoms with Crippen molar-refractivity contribution in [2.45, 2.75) is 6.54 Å². The third-order valence-electron chi connectivity index (χ3n) is 3.48. The summed E-state index contributed by atoms with van der Waals surface area (Å²) >= 11 is 0. The van der Waals surface area contributed by atoms with Crippen LogP contribution in [0.25, 0.3) is 22.4 Å². The minimum atomic E-state index is 0.449. The van der Waals surface area contributed by atoms with Gasteiger partial charge < -0.3 is 20.2 Å². The number of nitrogens with zero attached hydrogens (tertiary/aromatic N) is 1. The van der Waals surface area contributed by atoms with Crippen molar-refractivity contribution >= 4 is 11.0 Å². The average Bonchev–Trinajstić information content (AvgIpc) is 2.97. The van der Waals surface area contributed by atoms with Crippen molar-refractivity contribution in [2.75, 3.05) is 14.2 Å². The number of hydrogen-bond donors (Lipinski definition) is 2. The standard InChI is InChI=1S/C16H17N3O2/c1-20-12-7-4-8-13(21-2)14(12)16-18-11-6-3-5-10(9-17)15(11)19-16/h3-8H,9,17H2,1-2H3,(H,18,19). The van der Waals surface area contributed by atoms with Crippen LogP contribution in [-0.4, -0.2) is 24.2 Å². The molecule has 0 fully saturated rings. The van der Waals surface area contributed by atoms with Gasteiger partial charge in [-0.05, 0) is 23.8 Å². The Hall–Kier alpha value is -2.53. The molecule has 1 aromatic heterocycles. The highest BCUT2D eigenvalue weighted by atomic mass is 16.5. The molecular formula is C16H17N3O2. The molecule has 0 bridgehead atoms. The first kappa shape index (κ1) is 13.5. The molecule has 0 saturated heterocycles. The molecular weight excluding hydrogens is 266 g/mol. The monoisotopic (exact) mass is 283 g/mol. The number of aromatic amines is 1. The normalized spacial score (nSPS) is 10.8. The fraction of sp³-hybridized carbons (Fsp3) is 0.188. The fourth-order valence-corrected chi connectivity index (χ4v) is 2.46. The van der Waals surface area contributed by atoms with Crippen molar-refractivity contribution in [3.8, 4) is 22.9 Å². The van der Waals surface area contributed by atoms with Gasteiger partial charge >= 0.3 is 0 Å². The quantitative estimate of drug-likeness (QED) is 0.772. The molecule has 0 aliphatic carbocycles. The van der Waals surface area contributed by atoms with Gasteiger partial charge in [-0.2, -0.15) is 0 Å². The van der Waals surface area contributed by atoms with Crippen molar-refractivity contribution in [2.24, 2.45) is 5.73 Å². The van der Waals surface area contributed by atoms with Crippen LogP contribution in [0.4, 0.5) is 0 Å². The molecule has 0 unspecified atom stereocenters. The zero-order valence-corrected chi connectivity index (χ0v) is 12.0. The largest absolute Gasteiger partial charge is 0.496 e. The summed E-state index contributed by atoms with van der Waals surface area (Å²) in [7, 11) is 3.26. The van der Waals surface area contributed by atoms with Crippen LogP contribution in [0.5, 0.6) is 11.5 Å². The minimum Gasteiger partial charge on any atom is -0.496 e. The summed E-state index contributed by atoms with van der Waals surface area (Å²) in [6.07, 6.45) is 0. The lowest BCUT2D eigenvalue weighted by molar-refractivity contribution is 0.397. The molecule has 0 amide bonds. The van der Waals surface area contributed by atoms with Gasteiger partial charge in [0, 0.05) is 6.54 Å². The molecule has 0 radical (unpaired) electrons. The zero-order chi connectivity index (χ0) is 14.8. The molecule has 3 N–H and O–H groups in total. The number of H-pyrrole nitrogens is 1. The van der Waals surface area contributed by atoms with E-state index in [4.69, 9.17) is 15.2 Å². The molecule has 3 aromatic rings. The third-order valence-corrected chi connectivity index (χ3v) is 3.48. The third kappa shape index (κ3) is 2.21. The number of hydrogen-bond acceptors (Lipinski definition) is 4. The molecule has 5 heteroatoms. The average molecular weight is 283 g/mol. The maximum Gasteiger partial charge on any atom is 0.146 e. The van der Waals surface area contributed by atoms with Gasteiger partial charge in [0.1, 0.15) is 22.9 Å². The van der Waals surface area contributed by atoms with Gasteiger partial charge in [0.25, 0.3) is 0 Å². The summed E-state index contributed by atoms with van der Waals surface area (Å²) in [6.45, 7) is 0.449. The number of imidazole rings is 1. The van der Waals surface area contributed by atoms with E-state index in [0.29, 0.717) is 23.9 Å². The number of ether oxygens (including phenoxy) is 2. The van der Waals surface area contributed by atoms with E-state index >= 15 is 0 Å². The lowest BCUT2D eigenvalue weighted by Gasteiger charge is -2.10. The Labute approximate surface area is 122 Å². The van der Waals surface area contributed by atoms with Crippen molar-refractivity contribution in [3.63, 3.8) is 0 Å². The van der Waals surface area contributed by atoms with Gasteiger partial charge in [-0.15, -0.1) is 0 Å². The number of benzene rings is 2. The van der Waals surface area contributed by atoms with Gasteiger partial charge in [0.2, 0.25) is 0 Å². The molecule has 2 aromatic carbocycles. The SMILES string of the molecule is COc1cccc(OC)c1-c1nc2c(CN)cccc2[nH]1. The van der Waals surface area contributed by atoms with E-state index in [0.717, 1.165) is 22.2 Å². The first-order valence-corrected chi connectivity index (χ1v) is 6.67. The van der Waals surface area contributed by atoms with Crippen molar-refractivity contribution in [1.82, 2.24) is 9.97 Å². The van der Waals surface area contributed by atoms with Gasteiger partial charge in [-0.25, -0.2) is 4.98 Å². The summed E-state index contributed by atoms with van der Waals surface area (Å²) in [6, 6.07) is 11.6. The predicted octanol–water partition coefficient (Wildman–Crippen LogP) is 2.71. The van der Waals surface area contributed by atoms with E-state index in [9.17, 15) is 0 Å². The van der Waals surface area contributed by atoms with Crippen LogP contribution in [0, 0.1) is 0 Å². The summed E-state index contributed by atoms with van der Waals surface area (Å²) in [4.78, 5) is 7.98. The second-order valence-electron chi connectivity index (χ2n) is 4.64. The van der Waals surface area contributed by atoms with Crippen LogP contribution in [0.2, 0.25) is 0 Å². The van der Waals surface area contributed by atoms with E-state index in [1.54, 1.807) is 14.2 Å². The van der Waals surface area contributed by atoms with E-state index < -0.39 is 0 Å². The van der Waals surface area contributed by atoms with Crippen molar-refractivity contribution < 1.29 is 9.47 Å². The van der Waals surface area contributed by atoms with Gasteiger partial charge in [-0.1, -0.05) is 18.2 Å². The Morgan fingerprint density at radius 1 is 1.05 bits per heavy atom. The molecule has 0 saturated carbocycles. The molecule has 1 heterocycles. The highest BCUT2D eigenvalue weighted by Gasteiger charge is 2.16. The molecule has 21 heavy (non-hydrogen) atoms. The molecule has 0 aliphatic heterocycles. The maximum atomic E-state index is 5.77. The topological polar surface area (TPSA) is 73.2 Å². The summed E-state index contributed by atoms with van der Waals surface area (Å²) < 4.78 is 10.9. The van der Waals surface area contributed by atoms with Gasteiger partial charge in [-0.3, -0.25) is 0 Å². The number of rotatable bonds is 4. The number of methoxy groups -OCH3 is 2. The smallest absolute Gasteiger partial charge is 0.146 e. The minimum absolute atomic E-state index is 0.449. The van der Waals surface area contributed by atoms with Crippen LogP contribution in [-0.2, 0) is 6.54 Å². The van der Waals surface area contributed by atoms with Crippen molar-refractivity contribution in [3.05, 3.63) is 42.0 Å². The van der Waals surface area contributed by atoms with E-state index in [-0.39, 0.29) is 0 Å². The van der Waals surface area contributed by atoms with Crippen LogP contribution >= 0.6 is 0 Å². The number of nitrogens with two attached hydrogens (primary N) is 1. The number of nitrogens with one attached hydrogen (secondary N) is 1. The molecule has 0 atom stereocenters. The number of aromatic nitrogens is 2. The second kappa shape index (κ2) is 5.46. The first-order chi connectivity index (χ1) is 10.3. The van der Waals surface area contributed by atoms with Crippen LogP contribution < -0.4 is 15.2 Å². The predicted molar refractivity (Wildman–Crippen MR) is 82.5 cm³/mol. The summed E-state index contributed by atoms with van der Waals surface area (Å²) in [5, 5.41) is 0. The lowest BCUT2D eigenvalue weighted by atomic mass is 10.1. The van der Waals surface area contributed by atoms with Crippen molar-refractivity contribution in [1.29, 1.82) is 0 Å². The molecule has 5 nitrogen and oxygen atoms in total. The highest BCUT2D eigenvalue weighted by Crippen LogP contribution is 2.37. The Morgan fingerprint density at radius 3 is 2.33 bits per heavy atom. The Bertz CT molecular complexity index is 758. The highest BCUT2D eigenvalue weighted by molar-refractivity contribution is 5.85. The van der Waals surface area contributed by atoms with Gasteiger partial charge in [0.05, 0.1) is 25.3 Å². The Morgan fingerprint density at radius 2 is 1.71 bits per heavy atom. The first-order valence-electron chi connectivity index (χ1n) is 6.67. The van der Waals surface area contributed by atoms with E-state index in [1.165, 1.54) is 0 Å². The number of fused-ring (bicyclic) bond motifs is 1. The zero-order valence-electron chi connectivity index (χ0n) is 12.0. The van der Waals surface area contributed by atoms with Crippen LogP contribution in [0.15, 0.2) is 36.4 Å². The molecule has 108 valence electrons. The van der Waals surface area contributed by atoms with Crippen LogP contribution in [0.1, 0.15) is 5.56 Å². The van der Waals surface area contributed by atoms with E-state index in [1.807, 2.05) is 36.4 Å². The maximum absolute atomic E-state index is 5.77. The van der Waals surface area contributed by atoms with Crippen LogP contribution in [0.3, 0.4) is 0 Å². The fourth-order valence-electron chi connectivity index (χ4n) is 2.46. The van der Waals surface area contributed by atoms with Gasteiger partial charge in [0.15, 0.2) is 0 Å². The second-order valence-corrected chi connectivity index (χ2v) is 4.64.